The lowest BCUT2D eigenvalue weighted by atomic mass is 10.1. The Hall–Kier alpha value is -3.86. The summed E-state index contributed by atoms with van der Waals surface area (Å²) in [6.07, 6.45) is 0. The zero-order chi connectivity index (χ0) is 27.2. The van der Waals surface area contributed by atoms with Gasteiger partial charge in [-0.1, -0.05) is 23.7 Å². The maximum absolute atomic E-state index is 12.8. The zero-order valence-corrected chi connectivity index (χ0v) is 21.9. The molecule has 1 fully saturated rings. The molecule has 0 saturated carbocycles. The zero-order valence-electron chi connectivity index (χ0n) is 21.2. The molecule has 2 aliphatic rings. The number of carbonyl (C=O) groups is 3. The average Bonchev–Trinajstić information content (AvgIpc) is 3.43. The van der Waals surface area contributed by atoms with Gasteiger partial charge in [0.25, 0.3) is 11.8 Å². The monoisotopic (exact) mass is 553 g/mol. The van der Waals surface area contributed by atoms with Crippen LogP contribution in [0.25, 0.3) is 0 Å². The summed E-state index contributed by atoms with van der Waals surface area (Å²) < 4.78 is 22.2. The van der Waals surface area contributed by atoms with Gasteiger partial charge >= 0.3 is 0 Å². The van der Waals surface area contributed by atoms with Crippen LogP contribution >= 0.6 is 11.6 Å². The first kappa shape index (κ1) is 26.7. The van der Waals surface area contributed by atoms with Gasteiger partial charge in [-0.05, 0) is 42.5 Å². The number of hydrogen-bond acceptors (Lipinski definition) is 8. The van der Waals surface area contributed by atoms with E-state index in [1.165, 1.54) is 4.90 Å². The minimum absolute atomic E-state index is 0.0734. The number of rotatable bonds is 10. The highest BCUT2D eigenvalue weighted by atomic mass is 35.5. The number of Topliss-reactive ketones (excluding diaryl/α,β-unsaturated/α-hetero) is 1. The summed E-state index contributed by atoms with van der Waals surface area (Å²) in [5.74, 6) is 0.545. The fourth-order valence-electron chi connectivity index (χ4n) is 4.32. The normalized spacial score (nSPS) is 15.4. The molecule has 3 aromatic rings. The molecule has 1 saturated heterocycles. The number of para-hydroxylation sites is 1. The Morgan fingerprint density at radius 3 is 2.69 bits per heavy atom. The predicted octanol–water partition coefficient (Wildman–Crippen LogP) is 3.18. The van der Waals surface area contributed by atoms with Crippen molar-refractivity contribution in [1.82, 2.24) is 10.2 Å². The molecule has 39 heavy (non-hydrogen) atoms. The van der Waals surface area contributed by atoms with E-state index < -0.39 is 0 Å². The number of ketones is 1. The summed E-state index contributed by atoms with van der Waals surface area (Å²) in [5.41, 5.74) is 0.784. The van der Waals surface area contributed by atoms with Gasteiger partial charge in [-0.25, -0.2) is 0 Å². The van der Waals surface area contributed by atoms with E-state index in [1.807, 2.05) is 0 Å². The van der Waals surface area contributed by atoms with Gasteiger partial charge in [0.05, 0.1) is 30.5 Å². The van der Waals surface area contributed by atoms with Gasteiger partial charge in [0.15, 0.2) is 24.8 Å². The minimum atomic E-state index is -0.324. The van der Waals surface area contributed by atoms with Gasteiger partial charge in [-0.3, -0.25) is 24.2 Å². The van der Waals surface area contributed by atoms with Crippen molar-refractivity contribution < 1.29 is 33.0 Å². The van der Waals surface area contributed by atoms with Crippen LogP contribution in [0, 0.1) is 0 Å². The number of nitrogens with one attached hydrogen (secondary N) is 1. The number of amides is 2. The van der Waals surface area contributed by atoms with Crippen molar-refractivity contribution >= 4 is 34.9 Å². The second-order valence-corrected chi connectivity index (χ2v) is 9.48. The van der Waals surface area contributed by atoms with Crippen molar-refractivity contribution in [2.24, 2.45) is 0 Å². The molecule has 3 heterocycles. The minimum Gasteiger partial charge on any atom is -0.484 e. The van der Waals surface area contributed by atoms with Crippen LogP contribution in [0.2, 0.25) is 5.02 Å². The topological polar surface area (TPSA) is 111 Å². The van der Waals surface area contributed by atoms with Gasteiger partial charge in [-0.15, -0.1) is 0 Å². The summed E-state index contributed by atoms with van der Waals surface area (Å²) in [6.45, 7) is 4.01. The highest BCUT2D eigenvalue weighted by Crippen LogP contribution is 2.34. The average molecular weight is 554 g/mol. The first-order chi connectivity index (χ1) is 19.0. The Morgan fingerprint density at radius 1 is 1.05 bits per heavy atom. The summed E-state index contributed by atoms with van der Waals surface area (Å²) >= 11 is 6.10. The molecule has 0 bridgehead atoms. The van der Waals surface area contributed by atoms with Gasteiger partial charge in [0, 0.05) is 31.7 Å². The number of benzene rings is 2. The number of ether oxygens (including phenoxy) is 3. The van der Waals surface area contributed by atoms with Crippen molar-refractivity contribution in [3.63, 3.8) is 0 Å². The maximum Gasteiger partial charge on any atom is 0.287 e. The molecule has 10 nitrogen and oxygen atoms in total. The summed E-state index contributed by atoms with van der Waals surface area (Å²) in [6, 6.07) is 15.0. The summed E-state index contributed by atoms with van der Waals surface area (Å²) in [7, 11) is 0. The Labute approximate surface area is 230 Å². The van der Waals surface area contributed by atoms with Crippen molar-refractivity contribution in [3.05, 3.63) is 76.7 Å². The molecule has 204 valence electrons. The lowest BCUT2D eigenvalue weighted by Gasteiger charge is -2.29. The molecule has 5 rings (SSSR count). The lowest BCUT2D eigenvalue weighted by molar-refractivity contribution is -0.121. The number of halogens is 1. The van der Waals surface area contributed by atoms with Crippen molar-refractivity contribution in [1.29, 1.82) is 0 Å². The number of hydrogen-bond donors (Lipinski definition) is 1. The number of carbonyl (C=O) groups excluding carboxylic acids is 3. The maximum atomic E-state index is 12.8. The van der Waals surface area contributed by atoms with E-state index >= 15 is 0 Å². The Balaban J connectivity index is 1.22. The standard InChI is InChI=1S/C28H28ClN3O7/c29-21-3-1-2-4-24(21)37-17-23(33)19-5-7-25-22(15-19)32(27(34)18-38-25)16-20-6-8-26(39-20)28(35)30-9-10-31-11-13-36-14-12-31/h1-8,15H,9-14,16-18H2,(H,30,35). The number of morpholine rings is 1. The first-order valence-electron chi connectivity index (χ1n) is 12.6. The smallest absolute Gasteiger partial charge is 0.287 e. The Bertz CT molecular complexity index is 1350. The van der Waals surface area contributed by atoms with E-state index in [2.05, 4.69) is 10.2 Å². The highest BCUT2D eigenvalue weighted by molar-refractivity contribution is 6.32. The SMILES string of the molecule is O=C(COc1ccccc1Cl)c1ccc2c(c1)N(Cc1ccc(C(=O)NCCN3CCOCC3)o1)C(=O)CO2. The molecule has 2 aromatic carbocycles. The van der Waals surface area contributed by atoms with Crippen LogP contribution < -0.4 is 19.7 Å². The summed E-state index contributed by atoms with van der Waals surface area (Å²) in [4.78, 5) is 41.9. The number of fused-ring (bicyclic) bond motifs is 1. The lowest BCUT2D eigenvalue weighted by Crippen LogP contribution is -2.41. The highest BCUT2D eigenvalue weighted by Gasteiger charge is 2.28. The van der Waals surface area contributed by atoms with E-state index in [-0.39, 0.29) is 43.1 Å². The third-order valence-electron chi connectivity index (χ3n) is 6.44. The van der Waals surface area contributed by atoms with Crippen LogP contribution in [0.4, 0.5) is 5.69 Å². The molecule has 0 atom stereocenters. The summed E-state index contributed by atoms with van der Waals surface area (Å²) in [5, 5.41) is 3.27. The second kappa shape index (κ2) is 12.3. The van der Waals surface area contributed by atoms with Crippen LogP contribution in [-0.4, -0.2) is 75.1 Å². The largest absolute Gasteiger partial charge is 0.484 e. The van der Waals surface area contributed by atoms with Crippen LogP contribution in [0.5, 0.6) is 11.5 Å². The molecule has 0 unspecified atom stereocenters. The van der Waals surface area contributed by atoms with Gasteiger partial charge in [0.1, 0.15) is 17.3 Å². The molecule has 2 aliphatic heterocycles. The van der Waals surface area contributed by atoms with E-state index in [4.69, 9.17) is 30.2 Å². The van der Waals surface area contributed by atoms with Crippen molar-refractivity contribution in [3.8, 4) is 11.5 Å². The fraction of sp³-hybridized carbons (Fsp3) is 0.321. The third kappa shape index (κ3) is 6.59. The Kier molecular flexibility index (Phi) is 8.45. The molecule has 0 radical (unpaired) electrons. The van der Waals surface area contributed by atoms with Crippen LogP contribution in [-0.2, 0) is 16.1 Å². The molecule has 0 aliphatic carbocycles. The van der Waals surface area contributed by atoms with Crippen LogP contribution in [0.1, 0.15) is 26.7 Å². The van der Waals surface area contributed by atoms with Crippen molar-refractivity contribution in [2.75, 3.05) is 57.5 Å². The molecule has 1 aromatic heterocycles. The van der Waals surface area contributed by atoms with Gasteiger partial charge in [0.2, 0.25) is 0 Å². The predicted molar refractivity (Wildman–Crippen MR) is 143 cm³/mol. The second-order valence-electron chi connectivity index (χ2n) is 9.07. The molecule has 1 N–H and O–H groups in total. The van der Waals surface area contributed by atoms with Crippen LogP contribution in [0.15, 0.2) is 59.0 Å². The van der Waals surface area contributed by atoms with E-state index in [0.717, 1.165) is 19.6 Å². The van der Waals surface area contributed by atoms with E-state index in [0.29, 0.717) is 53.3 Å². The Morgan fingerprint density at radius 2 is 1.87 bits per heavy atom. The van der Waals surface area contributed by atoms with Crippen molar-refractivity contribution in [2.45, 2.75) is 6.54 Å². The number of anilines is 1. The number of nitrogens with zero attached hydrogens (tertiary/aromatic N) is 2. The molecular weight excluding hydrogens is 526 g/mol. The quantitative estimate of drug-likeness (QED) is 0.381. The van der Waals surface area contributed by atoms with Gasteiger partial charge in [-0.2, -0.15) is 0 Å². The molecule has 0 spiro atoms. The molecule has 11 heteroatoms. The number of furan rings is 1. The fourth-order valence-corrected chi connectivity index (χ4v) is 4.51. The van der Waals surface area contributed by atoms with E-state index in [1.54, 1.807) is 54.6 Å². The molecule has 2 amide bonds. The molecular formula is C28H28ClN3O7. The van der Waals surface area contributed by atoms with E-state index in [9.17, 15) is 14.4 Å². The first-order valence-corrected chi connectivity index (χ1v) is 13.0. The van der Waals surface area contributed by atoms with Gasteiger partial charge < -0.3 is 23.9 Å². The van der Waals surface area contributed by atoms with Crippen LogP contribution in [0.3, 0.4) is 0 Å². The third-order valence-corrected chi connectivity index (χ3v) is 6.75.